The molecule has 128 valence electrons. The number of anilines is 1. The van der Waals surface area contributed by atoms with E-state index in [9.17, 15) is 9.59 Å². The van der Waals surface area contributed by atoms with Crippen LogP contribution in [0.5, 0.6) is 0 Å². The summed E-state index contributed by atoms with van der Waals surface area (Å²) in [6.45, 7) is 2.69. The van der Waals surface area contributed by atoms with E-state index < -0.39 is 0 Å². The van der Waals surface area contributed by atoms with Crippen molar-refractivity contribution in [3.63, 3.8) is 0 Å². The maximum atomic E-state index is 12.5. The monoisotopic (exact) mass is 355 g/mol. The minimum Gasteiger partial charge on any atom is -0.338 e. The number of thiophene rings is 1. The zero-order valence-corrected chi connectivity index (χ0v) is 14.5. The van der Waals surface area contributed by atoms with Crippen molar-refractivity contribution in [1.82, 2.24) is 14.9 Å². The van der Waals surface area contributed by atoms with Crippen LogP contribution in [0.4, 0.5) is 5.69 Å². The Morgan fingerprint density at radius 3 is 2.76 bits per heavy atom. The molecule has 1 aliphatic rings. The maximum Gasteiger partial charge on any atom is 0.263 e. The number of carbonyl (C=O) groups excluding carboxylic acids is 2. The number of aromatic nitrogens is 2. The number of piperidine rings is 1. The summed E-state index contributed by atoms with van der Waals surface area (Å²) in [7, 11) is 0. The fourth-order valence-electron chi connectivity index (χ4n) is 2.98. The second-order valence-electron chi connectivity index (χ2n) is 5.85. The Morgan fingerprint density at radius 2 is 2.12 bits per heavy atom. The molecule has 3 rings (SSSR count). The Labute approximate surface area is 149 Å². The highest BCUT2D eigenvalue weighted by Gasteiger charge is 2.27. The van der Waals surface area contributed by atoms with Crippen molar-refractivity contribution in [1.29, 1.82) is 5.26 Å². The molecule has 0 bridgehead atoms. The van der Waals surface area contributed by atoms with Gasteiger partial charge >= 0.3 is 0 Å². The fraction of sp³-hybridized carbons (Fsp3) is 0.353. The average Bonchev–Trinajstić information content (AvgIpc) is 3.10. The van der Waals surface area contributed by atoms with Crippen LogP contribution in [0.25, 0.3) is 0 Å². The molecule has 7 nitrogen and oxygen atoms in total. The topological polar surface area (TPSA) is 99.0 Å². The van der Waals surface area contributed by atoms with Crippen LogP contribution in [0, 0.1) is 11.3 Å². The molecule has 1 N–H and O–H groups in total. The first-order chi connectivity index (χ1) is 12.1. The largest absolute Gasteiger partial charge is 0.338 e. The van der Waals surface area contributed by atoms with E-state index in [1.54, 1.807) is 18.3 Å². The molecule has 0 aromatic carbocycles. The van der Waals surface area contributed by atoms with Crippen molar-refractivity contribution < 1.29 is 9.59 Å². The first kappa shape index (κ1) is 17.0. The zero-order chi connectivity index (χ0) is 17.8. The highest BCUT2D eigenvalue weighted by Crippen LogP contribution is 2.31. The first-order valence-electron chi connectivity index (χ1n) is 7.95. The lowest BCUT2D eigenvalue weighted by molar-refractivity contribution is -0.114. The van der Waals surface area contributed by atoms with Crippen LogP contribution < -0.4 is 5.32 Å². The van der Waals surface area contributed by atoms with Crippen LogP contribution >= 0.6 is 11.3 Å². The second-order valence-corrected chi connectivity index (χ2v) is 6.93. The van der Waals surface area contributed by atoms with Gasteiger partial charge in [0.05, 0.1) is 22.5 Å². The molecule has 2 aromatic heterocycles. The highest BCUT2D eigenvalue weighted by atomic mass is 32.1. The molecule has 1 saturated heterocycles. The molecule has 0 radical (unpaired) electrons. The zero-order valence-electron chi connectivity index (χ0n) is 13.7. The van der Waals surface area contributed by atoms with Gasteiger partial charge in [0.1, 0.15) is 17.3 Å². The number of likely N-dealkylation sites (tertiary alicyclic amines) is 1. The Morgan fingerprint density at radius 1 is 1.36 bits per heavy atom. The Hall–Kier alpha value is -2.79. The number of nitrogens with zero attached hydrogens (tertiary/aromatic N) is 4. The van der Waals surface area contributed by atoms with E-state index in [0.29, 0.717) is 28.5 Å². The Balaban J connectivity index is 1.67. The molecule has 8 heteroatoms. The summed E-state index contributed by atoms with van der Waals surface area (Å²) >= 11 is 1.22. The van der Waals surface area contributed by atoms with Gasteiger partial charge in [0.15, 0.2) is 0 Å². The van der Waals surface area contributed by atoms with E-state index in [0.717, 1.165) is 18.5 Å². The van der Waals surface area contributed by atoms with Gasteiger partial charge in [0, 0.05) is 25.9 Å². The van der Waals surface area contributed by atoms with E-state index in [2.05, 4.69) is 21.4 Å². The highest BCUT2D eigenvalue weighted by molar-refractivity contribution is 7.14. The van der Waals surface area contributed by atoms with Crippen molar-refractivity contribution in [2.45, 2.75) is 25.7 Å². The molecule has 1 aliphatic heterocycles. The van der Waals surface area contributed by atoms with Gasteiger partial charge in [-0.25, -0.2) is 9.97 Å². The molecule has 0 spiro atoms. The normalized spacial score (nSPS) is 14.8. The number of nitriles is 1. The number of hydrogen-bond acceptors (Lipinski definition) is 6. The summed E-state index contributed by atoms with van der Waals surface area (Å²) in [5, 5.41) is 11.7. The second kappa shape index (κ2) is 7.40. The molecule has 0 saturated carbocycles. The quantitative estimate of drug-likeness (QED) is 0.911. The lowest BCUT2D eigenvalue weighted by Crippen LogP contribution is -2.37. The molecular weight excluding hydrogens is 338 g/mol. The number of rotatable bonds is 3. The number of nitrogens with one attached hydrogen (secondary N) is 1. The number of carbonyl (C=O) groups is 2. The van der Waals surface area contributed by atoms with Crippen LogP contribution in [0.2, 0.25) is 0 Å². The first-order valence-corrected chi connectivity index (χ1v) is 8.77. The molecule has 1 fully saturated rings. The van der Waals surface area contributed by atoms with Crippen molar-refractivity contribution in [2.75, 3.05) is 18.4 Å². The minimum absolute atomic E-state index is 0.0327. The maximum absolute atomic E-state index is 12.5. The third-order valence-electron chi connectivity index (χ3n) is 4.15. The van der Waals surface area contributed by atoms with Gasteiger partial charge in [-0.1, -0.05) is 0 Å². The van der Waals surface area contributed by atoms with E-state index in [-0.39, 0.29) is 17.7 Å². The molecule has 0 aliphatic carbocycles. The molecule has 0 atom stereocenters. The smallest absolute Gasteiger partial charge is 0.263 e. The van der Waals surface area contributed by atoms with Gasteiger partial charge in [-0.05, 0) is 25.0 Å². The van der Waals surface area contributed by atoms with E-state index in [1.807, 2.05) is 4.90 Å². The summed E-state index contributed by atoms with van der Waals surface area (Å²) in [5.74, 6) is -0.0173. The molecule has 2 amide bonds. The average molecular weight is 355 g/mol. The molecule has 2 aromatic rings. The van der Waals surface area contributed by atoms with Crippen LogP contribution in [0.15, 0.2) is 24.7 Å². The van der Waals surface area contributed by atoms with E-state index >= 15 is 0 Å². The van der Waals surface area contributed by atoms with E-state index in [4.69, 9.17) is 5.26 Å². The summed E-state index contributed by atoms with van der Waals surface area (Å²) in [4.78, 5) is 35.1. The van der Waals surface area contributed by atoms with Gasteiger partial charge in [0.25, 0.3) is 5.91 Å². The van der Waals surface area contributed by atoms with Crippen molar-refractivity contribution in [3.8, 4) is 6.07 Å². The number of amides is 2. The van der Waals surface area contributed by atoms with Crippen LogP contribution in [-0.2, 0) is 4.79 Å². The van der Waals surface area contributed by atoms with Crippen molar-refractivity contribution in [2.24, 2.45) is 0 Å². The third-order valence-corrected chi connectivity index (χ3v) is 5.13. The predicted octanol–water partition coefficient (Wildman–Crippen LogP) is 2.39. The summed E-state index contributed by atoms with van der Waals surface area (Å²) in [5.41, 5.74) is 1.46. The summed E-state index contributed by atoms with van der Waals surface area (Å²) < 4.78 is 0. The SMILES string of the molecule is CC(=O)Nc1cncnc1C1CCN(C(=O)c2ccc(C#N)s2)CC1. The lowest BCUT2D eigenvalue weighted by atomic mass is 9.92. The molecular formula is C17H17N5O2S. The third kappa shape index (κ3) is 3.83. The Bertz CT molecular complexity index is 834. The predicted molar refractivity (Wildman–Crippen MR) is 93.2 cm³/mol. The van der Waals surface area contributed by atoms with Crippen molar-refractivity contribution >= 4 is 28.8 Å². The van der Waals surface area contributed by atoms with Crippen LogP contribution in [0.1, 0.15) is 45.9 Å². The van der Waals surface area contributed by atoms with Gasteiger partial charge in [-0.2, -0.15) is 5.26 Å². The van der Waals surface area contributed by atoms with Gasteiger partial charge in [0.2, 0.25) is 5.91 Å². The lowest BCUT2D eigenvalue weighted by Gasteiger charge is -2.32. The number of hydrogen-bond donors (Lipinski definition) is 1. The summed E-state index contributed by atoms with van der Waals surface area (Å²) in [6, 6.07) is 5.43. The van der Waals surface area contributed by atoms with E-state index in [1.165, 1.54) is 24.6 Å². The standard InChI is InChI=1S/C17H17N5O2S/c1-11(23)21-14-9-19-10-20-16(14)12-4-6-22(7-5-12)17(24)15-3-2-13(8-18)25-15/h2-3,9-10,12H,4-7H2,1H3,(H,21,23). The fourth-order valence-corrected chi connectivity index (χ4v) is 3.75. The van der Waals surface area contributed by atoms with Crippen LogP contribution in [-0.4, -0.2) is 39.8 Å². The Kier molecular flexibility index (Phi) is 5.05. The van der Waals surface area contributed by atoms with Crippen molar-refractivity contribution in [3.05, 3.63) is 40.1 Å². The molecule has 0 unspecified atom stereocenters. The molecule has 3 heterocycles. The van der Waals surface area contributed by atoms with Gasteiger partial charge < -0.3 is 10.2 Å². The molecule has 25 heavy (non-hydrogen) atoms. The minimum atomic E-state index is -0.158. The van der Waals surface area contributed by atoms with Gasteiger partial charge in [-0.3, -0.25) is 9.59 Å². The van der Waals surface area contributed by atoms with Gasteiger partial charge in [-0.15, -0.1) is 11.3 Å². The summed E-state index contributed by atoms with van der Waals surface area (Å²) in [6.07, 6.45) is 4.63. The van der Waals surface area contributed by atoms with Crippen LogP contribution in [0.3, 0.4) is 0 Å².